The minimum atomic E-state index is -0.719. The van der Waals surface area contributed by atoms with Gasteiger partial charge in [-0.05, 0) is 20.3 Å². The molecule has 0 aliphatic carbocycles. The molecular weight excluding hydrogens is 278 g/mol. The Balaban J connectivity index is 0.00000361. The largest absolute Gasteiger partial charge is 0.383 e. The molecule has 2 atom stereocenters. The Labute approximate surface area is 129 Å². The number of amides is 1. The summed E-state index contributed by atoms with van der Waals surface area (Å²) in [4.78, 5) is 16.7. The summed E-state index contributed by atoms with van der Waals surface area (Å²) in [6, 6.07) is 0.366. The molecule has 20 heavy (non-hydrogen) atoms. The minimum absolute atomic E-state index is 0. The highest BCUT2D eigenvalue weighted by molar-refractivity contribution is 5.86. The zero-order valence-electron chi connectivity index (χ0n) is 13.2. The third kappa shape index (κ3) is 5.20. The number of methoxy groups -OCH3 is 1. The second kappa shape index (κ2) is 8.82. The quantitative estimate of drug-likeness (QED) is 0.798. The third-order valence-electron chi connectivity index (χ3n) is 3.89. The summed E-state index contributed by atoms with van der Waals surface area (Å²) in [5.41, 5.74) is 5.42. The van der Waals surface area contributed by atoms with Crippen LogP contribution in [-0.4, -0.2) is 67.2 Å². The molecule has 5 nitrogen and oxygen atoms in total. The van der Waals surface area contributed by atoms with Gasteiger partial charge in [0, 0.05) is 39.3 Å². The monoisotopic (exact) mass is 307 g/mol. The average molecular weight is 308 g/mol. The number of hydrogen-bond donors (Lipinski definition) is 1. The van der Waals surface area contributed by atoms with Crippen molar-refractivity contribution < 1.29 is 9.53 Å². The smallest absolute Gasteiger partial charge is 0.242 e. The first-order valence-electron chi connectivity index (χ1n) is 7.23. The van der Waals surface area contributed by atoms with Gasteiger partial charge in [0.25, 0.3) is 0 Å². The molecule has 0 spiro atoms. The van der Waals surface area contributed by atoms with Crippen LogP contribution in [0.3, 0.4) is 0 Å². The normalized spacial score (nSPS) is 23.1. The highest BCUT2D eigenvalue weighted by Crippen LogP contribution is 2.17. The summed E-state index contributed by atoms with van der Waals surface area (Å²) in [6.07, 6.45) is 1.67. The molecule has 0 aromatic rings. The van der Waals surface area contributed by atoms with Gasteiger partial charge in [-0.15, -0.1) is 12.4 Å². The van der Waals surface area contributed by atoms with Crippen molar-refractivity contribution in [2.24, 2.45) is 5.73 Å². The van der Waals surface area contributed by atoms with Gasteiger partial charge in [-0.1, -0.05) is 13.3 Å². The maximum Gasteiger partial charge on any atom is 0.242 e. The molecule has 1 aliphatic rings. The van der Waals surface area contributed by atoms with E-state index in [1.165, 1.54) is 0 Å². The zero-order valence-corrected chi connectivity index (χ0v) is 14.0. The lowest BCUT2D eigenvalue weighted by molar-refractivity contribution is -0.139. The molecule has 2 N–H and O–H groups in total. The molecule has 2 unspecified atom stereocenters. The van der Waals surface area contributed by atoms with Crippen LogP contribution in [0.1, 0.15) is 33.6 Å². The predicted octanol–water partition coefficient (Wildman–Crippen LogP) is 1.10. The number of carbonyl (C=O) groups excluding carboxylic acids is 1. The number of ether oxygens (including phenoxy) is 1. The molecule has 1 fully saturated rings. The molecular formula is C14H30ClN3O2. The molecule has 6 heteroatoms. The van der Waals surface area contributed by atoms with Crippen LogP contribution in [0.15, 0.2) is 0 Å². The van der Waals surface area contributed by atoms with E-state index in [0.717, 1.165) is 45.6 Å². The van der Waals surface area contributed by atoms with Gasteiger partial charge in [0.15, 0.2) is 0 Å². The minimum Gasteiger partial charge on any atom is -0.383 e. The Bertz CT molecular complexity index is 300. The van der Waals surface area contributed by atoms with Crippen molar-refractivity contribution in [3.63, 3.8) is 0 Å². The SMILES string of the molecule is CCCC(C)(N)C(=O)N1CCN(CCOC)C(C)C1.Cl. The lowest BCUT2D eigenvalue weighted by Gasteiger charge is -2.42. The Kier molecular flexibility index (Phi) is 8.66. The topological polar surface area (TPSA) is 58.8 Å². The van der Waals surface area contributed by atoms with E-state index in [1.807, 2.05) is 11.8 Å². The fourth-order valence-electron chi connectivity index (χ4n) is 2.71. The summed E-state index contributed by atoms with van der Waals surface area (Å²) in [5.74, 6) is 0.0904. The van der Waals surface area contributed by atoms with Crippen LogP contribution >= 0.6 is 12.4 Å². The van der Waals surface area contributed by atoms with Crippen LogP contribution in [0.25, 0.3) is 0 Å². The van der Waals surface area contributed by atoms with Crippen LogP contribution < -0.4 is 5.73 Å². The number of piperazine rings is 1. The van der Waals surface area contributed by atoms with Crippen molar-refractivity contribution in [3.8, 4) is 0 Å². The maximum absolute atomic E-state index is 12.4. The van der Waals surface area contributed by atoms with Crippen molar-refractivity contribution in [1.29, 1.82) is 0 Å². The molecule has 1 saturated heterocycles. The lowest BCUT2D eigenvalue weighted by Crippen LogP contribution is -2.60. The van der Waals surface area contributed by atoms with E-state index >= 15 is 0 Å². The average Bonchev–Trinajstić information content (AvgIpc) is 2.36. The molecule has 1 amide bonds. The van der Waals surface area contributed by atoms with Crippen LogP contribution in [-0.2, 0) is 9.53 Å². The molecule has 0 radical (unpaired) electrons. The van der Waals surface area contributed by atoms with Gasteiger partial charge in [0.05, 0.1) is 12.1 Å². The molecule has 0 aromatic heterocycles. The van der Waals surface area contributed by atoms with Crippen molar-refractivity contribution in [3.05, 3.63) is 0 Å². The van der Waals surface area contributed by atoms with Crippen LogP contribution in [0.4, 0.5) is 0 Å². The van der Waals surface area contributed by atoms with Gasteiger partial charge in [-0.25, -0.2) is 0 Å². The first-order chi connectivity index (χ1) is 8.92. The summed E-state index contributed by atoms with van der Waals surface area (Å²) >= 11 is 0. The van der Waals surface area contributed by atoms with Crippen molar-refractivity contribution >= 4 is 18.3 Å². The molecule has 120 valence electrons. The van der Waals surface area contributed by atoms with Crippen molar-refractivity contribution in [2.45, 2.75) is 45.2 Å². The van der Waals surface area contributed by atoms with Gasteiger partial charge in [0.1, 0.15) is 0 Å². The molecule has 1 rings (SSSR count). The van der Waals surface area contributed by atoms with Crippen LogP contribution in [0.2, 0.25) is 0 Å². The Morgan fingerprint density at radius 3 is 2.60 bits per heavy atom. The molecule has 1 heterocycles. The Hall–Kier alpha value is -0.360. The second-order valence-corrected chi connectivity index (χ2v) is 5.80. The summed E-state index contributed by atoms with van der Waals surface area (Å²) in [6.45, 7) is 10.2. The summed E-state index contributed by atoms with van der Waals surface area (Å²) in [5, 5.41) is 0. The first kappa shape index (κ1) is 19.6. The summed E-state index contributed by atoms with van der Waals surface area (Å²) in [7, 11) is 1.72. The third-order valence-corrected chi connectivity index (χ3v) is 3.89. The van der Waals surface area contributed by atoms with Gasteiger partial charge in [-0.3, -0.25) is 9.69 Å². The molecule has 0 saturated carbocycles. The van der Waals surface area contributed by atoms with Crippen molar-refractivity contribution in [1.82, 2.24) is 9.80 Å². The van der Waals surface area contributed by atoms with Crippen LogP contribution in [0.5, 0.6) is 0 Å². The van der Waals surface area contributed by atoms with E-state index < -0.39 is 5.54 Å². The van der Waals surface area contributed by atoms with Gasteiger partial charge < -0.3 is 15.4 Å². The number of halogens is 1. The number of hydrogen-bond acceptors (Lipinski definition) is 4. The van der Waals surface area contributed by atoms with E-state index in [9.17, 15) is 4.79 Å². The van der Waals surface area contributed by atoms with E-state index in [-0.39, 0.29) is 18.3 Å². The molecule has 1 aliphatic heterocycles. The number of rotatable bonds is 6. The fourth-order valence-corrected chi connectivity index (χ4v) is 2.71. The fraction of sp³-hybridized carbons (Fsp3) is 0.929. The van der Waals surface area contributed by atoms with E-state index in [1.54, 1.807) is 7.11 Å². The maximum atomic E-state index is 12.4. The van der Waals surface area contributed by atoms with E-state index in [0.29, 0.717) is 6.04 Å². The zero-order chi connectivity index (χ0) is 14.5. The second-order valence-electron chi connectivity index (χ2n) is 5.80. The number of nitrogens with zero attached hydrogens (tertiary/aromatic N) is 2. The van der Waals surface area contributed by atoms with E-state index in [4.69, 9.17) is 10.5 Å². The van der Waals surface area contributed by atoms with E-state index in [2.05, 4.69) is 18.7 Å². The standard InChI is InChI=1S/C14H29N3O2.ClH/c1-5-6-14(3,15)13(18)17-8-7-16(9-10-19-4)12(2)11-17;/h12H,5-11,15H2,1-4H3;1H. The Morgan fingerprint density at radius 1 is 1.45 bits per heavy atom. The lowest BCUT2D eigenvalue weighted by atomic mass is 9.95. The van der Waals surface area contributed by atoms with Crippen molar-refractivity contribution in [2.75, 3.05) is 39.9 Å². The highest BCUT2D eigenvalue weighted by atomic mass is 35.5. The summed E-state index contributed by atoms with van der Waals surface area (Å²) < 4.78 is 5.11. The number of nitrogens with two attached hydrogens (primary N) is 1. The van der Waals surface area contributed by atoms with Gasteiger partial charge in [0.2, 0.25) is 5.91 Å². The Morgan fingerprint density at radius 2 is 2.10 bits per heavy atom. The number of carbonyl (C=O) groups is 1. The van der Waals surface area contributed by atoms with Gasteiger partial charge in [-0.2, -0.15) is 0 Å². The highest BCUT2D eigenvalue weighted by Gasteiger charge is 2.35. The van der Waals surface area contributed by atoms with Crippen LogP contribution in [0, 0.1) is 0 Å². The molecule has 0 aromatic carbocycles. The predicted molar refractivity (Wildman–Crippen MR) is 84.2 cm³/mol. The first-order valence-corrected chi connectivity index (χ1v) is 7.23. The van der Waals surface area contributed by atoms with Gasteiger partial charge >= 0.3 is 0 Å². The molecule has 0 bridgehead atoms.